The van der Waals surface area contributed by atoms with Crippen LogP contribution in [0.15, 0.2) is 52.9 Å². The number of aromatic nitrogens is 1. The zero-order valence-electron chi connectivity index (χ0n) is 17.2. The third-order valence-corrected chi connectivity index (χ3v) is 4.82. The molecule has 1 heterocycles. The van der Waals surface area contributed by atoms with Gasteiger partial charge in [0.2, 0.25) is 5.89 Å². The summed E-state index contributed by atoms with van der Waals surface area (Å²) in [6.07, 6.45) is 0. The van der Waals surface area contributed by atoms with Gasteiger partial charge in [0, 0.05) is 0 Å². The predicted molar refractivity (Wildman–Crippen MR) is 112 cm³/mol. The molecule has 0 saturated heterocycles. The highest BCUT2D eigenvalue weighted by Crippen LogP contribution is 2.37. The lowest BCUT2D eigenvalue weighted by molar-refractivity contribution is 0.0602. The second-order valence-corrected chi connectivity index (χ2v) is 6.72. The van der Waals surface area contributed by atoms with Gasteiger partial charge in [-0.2, -0.15) is 0 Å². The number of methoxy groups -OCH3 is 2. The second kappa shape index (κ2) is 8.65. The molecular formula is C23H15F3N2O5. The molecule has 1 amide bonds. The van der Waals surface area contributed by atoms with Crippen LogP contribution in [0.3, 0.4) is 0 Å². The lowest BCUT2D eigenvalue weighted by Crippen LogP contribution is -2.16. The Hall–Kier alpha value is -4.34. The zero-order valence-corrected chi connectivity index (χ0v) is 17.2. The summed E-state index contributed by atoms with van der Waals surface area (Å²) >= 11 is 0. The number of para-hydroxylation sites is 2. The summed E-state index contributed by atoms with van der Waals surface area (Å²) in [6, 6.07) is 10.8. The average Bonchev–Trinajstić information content (AvgIpc) is 3.26. The molecule has 0 aliphatic carbocycles. The molecule has 0 fully saturated rings. The van der Waals surface area contributed by atoms with Gasteiger partial charge >= 0.3 is 5.97 Å². The van der Waals surface area contributed by atoms with Crippen molar-refractivity contribution in [1.29, 1.82) is 0 Å². The lowest BCUT2D eigenvalue weighted by atomic mass is 10.1. The number of ether oxygens (including phenoxy) is 2. The topological polar surface area (TPSA) is 90.7 Å². The van der Waals surface area contributed by atoms with Crippen molar-refractivity contribution >= 4 is 28.7 Å². The van der Waals surface area contributed by atoms with E-state index in [1.165, 1.54) is 26.4 Å². The molecule has 0 unspecified atom stereocenters. The number of carbonyl (C=O) groups is 2. The first kappa shape index (κ1) is 21.9. The maximum absolute atomic E-state index is 14.1. The van der Waals surface area contributed by atoms with E-state index >= 15 is 0 Å². The van der Waals surface area contributed by atoms with E-state index in [4.69, 9.17) is 13.9 Å². The number of hydrogen-bond acceptors (Lipinski definition) is 6. The quantitative estimate of drug-likeness (QED) is 0.337. The number of anilines is 1. The zero-order chi connectivity index (χ0) is 23.7. The smallest absolute Gasteiger partial charge is 0.340 e. The predicted octanol–water partition coefficient (Wildman–Crippen LogP) is 4.96. The van der Waals surface area contributed by atoms with Crippen LogP contribution in [0, 0.1) is 17.5 Å². The number of rotatable bonds is 5. The highest BCUT2D eigenvalue weighted by Gasteiger charge is 2.24. The van der Waals surface area contributed by atoms with Gasteiger partial charge in [-0.15, -0.1) is 0 Å². The Balaban J connectivity index is 1.82. The standard InChI is InChI=1S/C23H15F3N2O5/c1-31-15-7-3-5-12(19(15)27-21(29)11-9-10-14(24)18(26)17(11)25)22-28-20-13(23(30)32-2)6-4-8-16(20)33-22/h3-10H,1-2H3,(H,27,29). The van der Waals surface area contributed by atoms with Crippen molar-refractivity contribution in [2.24, 2.45) is 0 Å². The second-order valence-electron chi connectivity index (χ2n) is 6.72. The Morgan fingerprint density at radius 2 is 1.70 bits per heavy atom. The monoisotopic (exact) mass is 456 g/mol. The molecule has 4 aromatic rings. The number of hydrogen-bond donors (Lipinski definition) is 1. The molecule has 0 saturated carbocycles. The van der Waals surface area contributed by atoms with Gasteiger partial charge in [-0.25, -0.2) is 22.9 Å². The molecule has 1 N–H and O–H groups in total. The fraction of sp³-hybridized carbons (Fsp3) is 0.0870. The minimum absolute atomic E-state index is 0.0151. The van der Waals surface area contributed by atoms with Crippen molar-refractivity contribution in [1.82, 2.24) is 4.98 Å². The van der Waals surface area contributed by atoms with E-state index in [0.717, 1.165) is 6.07 Å². The number of amides is 1. The van der Waals surface area contributed by atoms with Gasteiger partial charge in [0.05, 0.1) is 36.6 Å². The SMILES string of the molecule is COC(=O)c1cccc2oc(-c3cccc(OC)c3NC(=O)c3ccc(F)c(F)c3F)nc12. The van der Waals surface area contributed by atoms with Crippen LogP contribution in [-0.4, -0.2) is 31.1 Å². The minimum Gasteiger partial charge on any atom is -0.495 e. The van der Waals surface area contributed by atoms with Crippen LogP contribution < -0.4 is 10.1 Å². The number of nitrogens with zero attached hydrogens (tertiary/aromatic N) is 1. The van der Waals surface area contributed by atoms with Crippen LogP contribution in [0.1, 0.15) is 20.7 Å². The van der Waals surface area contributed by atoms with E-state index < -0.39 is 34.9 Å². The van der Waals surface area contributed by atoms with Gasteiger partial charge in [-0.1, -0.05) is 12.1 Å². The van der Waals surface area contributed by atoms with E-state index in [1.807, 2.05) is 0 Å². The third kappa shape index (κ3) is 3.86. The summed E-state index contributed by atoms with van der Waals surface area (Å²) in [6.45, 7) is 0. The van der Waals surface area contributed by atoms with Gasteiger partial charge < -0.3 is 19.2 Å². The van der Waals surface area contributed by atoms with Crippen LogP contribution in [-0.2, 0) is 4.74 Å². The molecule has 0 bridgehead atoms. The summed E-state index contributed by atoms with van der Waals surface area (Å²) < 4.78 is 56.8. The van der Waals surface area contributed by atoms with E-state index in [-0.39, 0.29) is 39.6 Å². The van der Waals surface area contributed by atoms with Gasteiger partial charge in [0.25, 0.3) is 5.91 Å². The number of carbonyl (C=O) groups excluding carboxylic acids is 2. The lowest BCUT2D eigenvalue weighted by Gasteiger charge is -2.14. The summed E-state index contributed by atoms with van der Waals surface area (Å²) in [5.41, 5.74) is 0.238. The van der Waals surface area contributed by atoms with Crippen LogP contribution in [0.2, 0.25) is 0 Å². The minimum atomic E-state index is -1.77. The molecule has 0 spiro atoms. The molecule has 4 rings (SSSR count). The van der Waals surface area contributed by atoms with E-state index in [1.54, 1.807) is 24.3 Å². The van der Waals surface area contributed by atoms with Crippen molar-refractivity contribution in [2.45, 2.75) is 0 Å². The molecule has 0 aliphatic rings. The van der Waals surface area contributed by atoms with Gasteiger partial charge in [0.15, 0.2) is 23.0 Å². The Kier molecular flexibility index (Phi) is 5.74. The van der Waals surface area contributed by atoms with Crippen LogP contribution in [0.4, 0.5) is 18.9 Å². The maximum atomic E-state index is 14.1. The Bertz CT molecular complexity index is 1400. The highest BCUT2D eigenvalue weighted by molar-refractivity contribution is 6.07. The maximum Gasteiger partial charge on any atom is 0.340 e. The number of oxazole rings is 1. The van der Waals surface area contributed by atoms with E-state index in [2.05, 4.69) is 10.3 Å². The van der Waals surface area contributed by atoms with Gasteiger partial charge in [-0.3, -0.25) is 4.79 Å². The van der Waals surface area contributed by atoms with Crippen LogP contribution >= 0.6 is 0 Å². The van der Waals surface area contributed by atoms with Crippen molar-refractivity contribution in [3.63, 3.8) is 0 Å². The normalized spacial score (nSPS) is 10.8. The first-order valence-electron chi connectivity index (χ1n) is 9.45. The molecule has 7 nitrogen and oxygen atoms in total. The molecule has 0 radical (unpaired) electrons. The summed E-state index contributed by atoms with van der Waals surface area (Å²) in [4.78, 5) is 29.1. The first-order chi connectivity index (χ1) is 15.8. The Morgan fingerprint density at radius 1 is 0.939 bits per heavy atom. The van der Waals surface area contributed by atoms with Gasteiger partial charge in [-0.05, 0) is 36.4 Å². The summed E-state index contributed by atoms with van der Waals surface area (Å²) in [5, 5.41) is 2.44. The third-order valence-electron chi connectivity index (χ3n) is 4.82. The fourth-order valence-corrected chi connectivity index (χ4v) is 3.23. The fourth-order valence-electron chi connectivity index (χ4n) is 3.23. The van der Waals surface area contributed by atoms with Gasteiger partial charge in [0.1, 0.15) is 11.3 Å². The van der Waals surface area contributed by atoms with Crippen molar-refractivity contribution in [3.8, 4) is 17.2 Å². The Labute approximate surface area is 184 Å². The Morgan fingerprint density at radius 3 is 2.42 bits per heavy atom. The van der Waals surface area contributed by atoms with Crippen molar-refractivity contribution < 1.29 is 36.7 Å². The number of esters is 1. The van der Waals surface area contributed by atoms with E-state index in [0.29, 0.717) is 6.07 Å². The molecule has 1 aromatic heterocycles. The summed E-state index contributed by atoms with van der Waals surface area (Å²) in [7, 11) is 2.57. The summed E-state index contributed by atoms with van der Waals surface area (Å²) in [5.74, 6) is -6.31. The molecule has 0 atom stereocenters. The molecule has 10 heteroatoms. The molecular weight excluding hydrogens is 441 g/mol. The van der Waals surface area contributed by atoms with Crippen LogP contribution in [0.5, 0.6) is 5.75 Å². The molecule has 33 heavy (non-hydrogen) atoms. The first-order valence-corrected chi connectivity index (χ1v) is 9.45. The number of benzene rings is 3. The highest BCUT2D eigenvalue weighted by atomic mass is 19.2. The largest absolute Gasteiger partial charge is 0.495 e. The number of nitrogens with one attached hydrogen (secondary N) is 1. The number of fused-ring (bicyclic) bond motifs is 1. The van der Waals surface area contributed by atoms with E-state index in [9.17, 15) is 22.8 Å². The van der Waals surface area contributed by atoms with Crippen LogP contribution in [0.25, 0.3) is 22.6 Å². The average molecular weight is 456 g/mol. The molecule has 168 valence electrons. The molecule has 3 aromatic carbocycles. The van der Waals surface area contributed by atoms with Crippen molar-refractivity contribution in [3.05, 3.63) is 77.1 Å². The molecule has 0 aliphatic heterocycles. The number of halogens is 3. The van der Waals surface area contributed by atoms with Crippen molar-refractivity contribution in [2.75, 3.05) is 19.5 Å².